The number of unbranched alkanes of at least 4 members (excludes halogenated alkanes) is 18. The van der Waals surface area contributed by atoms with E-state index in [1.165, 1.54) is 166 Å². The zero-order chi connectivity index (χ0) is 33.6. The molecule has 1 rings (SSSR count). The summed E-state index contributed by atoms with van der Waals surface area (Å²) in [7, 11) is -1.92. The minimum atomic E-state index is -0.999. The van der Waals surface area contributed by atoms with Gasteiger partial charge in [-0.1, -0.05) is 156 Å². The highest BCUT2D eigenvalue weighted by atomic mass is 31.2. The van der Waals surface area contributed by atoms with E-state index in [1.807, 2.05) is 0 Å². The summed E-state index contributed by atoms with van der Waals surface area (Å²) in [6.45, 7) is 14.3. The second-order valence-electron chi connectivity index (χ2n) is 15.5. The molecule has 270 valence electrons. The van der Waals surface area contributed by atoms with Gasteiger partial charge < -0.3 is 0 Å². The lowest BCUT2D eigenvalue weighted by atomic mass is 10.1. The second kappa shape index (κ2) is 29.9. The first kappa shape index (κ1) is 44.1. The van der Waals surface area contributed by atoms with Crippen molar-refractivity contribution in [3.63, 3.8) is 0 Å². The van der Waals surface area contributed by atoms with Gasteiger partial charge in [-0.25, -0.2) is 0 Å². The molecular formula is C44H86P2+2. The van der Waals surface area contributed by atoms with Crippen LogP contribution in [-0.4, -0.2) is 37.0 Å². The molecule has 1 aromatic rings. The van der Waals surface area contributed by atoms with Crippen LogP contribution in [0.4, 0.5) is 0 Å². The van der Waals surface area contributed by atoms with Crippen LogP contribution in [0.3, 0.4) is 0 Å². The highest BCUT2D eigenvalue weighted by Gasteiger charge is 2.38. The molecule has 0 aliphatic rings. The maximum atomic E-state index is 2.76. The third kappa shape index (κ3) is 21.2. The SMILES string of the molecule is CCCCCCCC[P+](CCCCCCCC)(CCCCCCCC)Cc1cccc(C[P+](CCCC)(CCCC)CCCC)c1. The number of hydrogen-bond acceptors (Lipinski definition) is 0. The van der Waals surface area contributed by atoms with Crippen molar-refractivity contribution in [1.82, 2.24) is 0 Å². The lowest BCUT2D eigenvalue weighted by Gasteiger charge is -2.30. The number of benzene rings is 1. The smallest absolute Gasteiger partial charge is 0.0654 e. The van der Waals surface area contributed by atoms with Gasteiger partial charge >= 0.3 is 0 Å². The molecular weight excluding hydrogens is 590 g/mol. The van der Waals surface area contributed by atoms with Crippen LogP contribution < -0.4 is 0 Å². The molecule has 0 amide bonds. The fraction of sp³-hybridized carbons (Fsp3) is 0.864. The first-order valence-corrected chi connectivity index (χ1v) is 26.4. The summed E-state index contributed by atoms with van der Waals surface area (Å²) in [5.74, 6) is 0. The van der Waals surface area contributed by atoms with Crippen LogP contribution in [0.5, 0.6) is 0 Å². The standard InChI is InChI=1S/C44H86P2/c1-7-13-19-22-25-28-37-46(38-29-26-23-20-14-8-2,39-30-27-24-21-15-9-3)42-44-33-31-32-43(40-44)41-45(34-16-10-4,35-17-11-5)36-18-12-6/h31-33,40H,7-30,34-39,41-42H2,1-6H3/q+2. The van der Waals surface area contributed by atoms with Crippen molar-refractivity contribution < 1.29 is 0 Å². The van der Waals surface area contributed by atoms with E-state index in [0.717, 1.165) is 0 Å². The van der Waals surface area contributed by atoms with Crippen LogP contribution in [-0.2, 0) is 12.3 Å². The molecule has 0 fully saturated rings. The molecule has 0 aromatic heterocycles. The van der Waals surface area contributed by atoms with Gasteiger partial charge in [-0.3, -0.25) is 0 Å². The summed E-state index contributed by atoms with van der Waals surface area (Å²) in [4.78, 5) is 0. The molecule has 2 heteroatoms. The number of rotatable bonds is 34. The molecule has 0 saturated carbocycles. The maximum Gasteiger partial charge on any atom is 0.0843 e. The Morgan fingerprint density at radius 2 is 0.587 bits per heavy atom. The van der Waals surface area contributed by atoms with Gasteiger partial charge in [0, 0.05) is 14.5 Å². The van der Waals surface area contributed by atoms with Crippen molar-refractivity contribution in [2.24, 2.45) is 0 Å². The molecule has 1 aromatic carbocycles. The minimum Gasteiger partial charge on any atom is -0.0654 e. The Kier molecular flexibility index (Phi) is 28.7. The minimum absolute atomic E-state index is 0.923. The molecule has 46 heavy (non-hydrogen) atoms. The largest absolute Gasteiger partial charge is 0.0843 e. The van der Waals surface area contributed by atoms with E-state index in [2.05, 4.69) is 65.8 Å². The van der Waals surface area contributed by atoms with Crippen molar-refractivity contribution in [2.45, 2.75) is 208 Å². The van der Waals surface area contributed by atoms with Gasteiger partial charge in [-0.05, 0) is 75.0 Å². The van der Waals surface area contributed by atoms with Crippen molar-refractivity contribution in [1.29, 1.82) is 0 Å². The zero-order valence-corrected chi connectivity index (χ0v) is 34.6. The molecule has 0 N–H and O–H groups in total. The predicted molar refractivity (Wildman–Crippen MR) is 222 cm³/mol. The predicted octanol–water partition coefficient (Wildman–Crippen LogP) is 16.2. The van der Waals surface area contributed by atoms with Crippen LogP contribution in [0, 0.1) is 0 Å². The Balaban J connectivity index is 3.23. The highest BCUT2D eigenvalue weighted by Crippen LogP contribution is 2.65. The van der Waals surface area contributed by atoms with Crippen LogP contribution >= 0.6 is 14.5 Å². The average Bonchev–Trinajstić information content (AvgIpc) is 3.06. The van der Waals surface area contributed by atoms with Crippen molar-refractivity contribution in [3.05, 3.63) is 35.4 Å². The Hall–Kier alpha value is 0.0800. The lowest BCUT2D eigenvalue weighted by Crippen LogP contribution is -2.13. The molecule has 0 heterocycles. The van der Waals surface area contributed by atoms with E-state index in [1.54, 1.807) is 48.1 Å². The fourth-order valence-corrected chi connectivity index (χ4v) is 17.8. The second-order valence-corrected chi connectivity index (χ2v) is 24.2. The van der Waals surface area contributed by atoms with Crippen molar-refractivity contribution >= 4 is 14.5 Å². The Morgan fingerprint density at radius 1 is 0.326 bits per heavy atom. The van der Waals surface area contributed by atoms with E-state index >= 15 is 0 Å². The van der Waals surface area contributed by atoms with E-state index in [0.29, 0.717) is 0 Å². The maximum absolute atomic E-state index is 2.76. The van der Waals surface area contributed by atoms with E-state index < -0.39 is 14.5 Å². The molecule has 0 spiro atoms. The number of hydrogen-bond donors (Lipinski definition) is 0. The van der Waals surface area contributed by atoms with Crippen LogP contribution in [0.25, 0.3) is 0 Å². The molecule has 0 bridgehead atoms. The highest BCUT2D eigenvalue weighted by molar-refractivity contribution is 7.75. The normalized spacial score (nSPS) is 12.3. The molecule has 0 aliphatic carbocycles. The van der Waals surface area contributed by atoms with E-state index in [9.17, 15) is 0 Å². The van der Waals surface area contributed by atoms with Gasteiger partial charge in [-0.15, -0.1) is 0 Å². The van der Waals surface area contributed by atoms with Crippen molar-refractivity contribution in [3.8, 4) is 0 Å². The Morgan fingerprint density at radius 3 is 0.891 bits per heavy atom. The lowest BCUT2D eigenvalue weighted by molar-refractivity contribution is 0.615. The molecule has 0 unspecified atom stereocenters. The molecule has 0 radical (unpaired) electrons. The van der Waals surface area contributed by atoms with E-state index in [4.69, 9.17) is 0 Å². The third-order valence-corrected chi connectivity index (χ3v) is 20.6. The first-order valence-electron chi connectivity index (χ1n) is 21.3. The molecule has 0 atom stereocenters. The molecule has 0 saturated heterocycles. The monoisotopic (exact) mass is 677 g/mol. The quantitative estimate of drug-likeness (QED) is 0.0503. The summed E-state index contributed by atoms with van der Waals surface area (Å²) in [6, 6.07) is 10.3. The topological polar surface area (TPSA) is 0 Å². The van der Waals surface area contributed by atoms with Crippen LogP contribution in [0.15, 0.2) is 24.3 Å². The van der Waals surface area contributed by atoms with Gasteiger partial charge in [0.1, 0.15) is 0 Å². The van der Waals surface area contributed by atoms with Gasteiger partial charge in [0.25, 0.3) is 0 Å². The summed E-state index contributed by atoms with van der Waals surface area (Å²) in [5.41, 5.74) is 3.44. The van der Waals surface area contributed by atoms with Crippen LogP contribution in [0.2, 0.25) is 0 Å². The summed E-state index contributed by atoms with van der Waals surface area (Å²) < 4.78 is 0. The van der Waals surface area contributed by atoms with E-state index in [-0.39, 0.29) is 0 Å². The average molecular weight is 677 g/mol. The summed E-state index contributed by atoms with van der Waals surface area (Å²) >= 11 is 0. The van der Waals surface area contributed by atoms with Gasteiger partial charge in [-0.2, -0.15) is 0 Å². The summed E-state index contributed by atoms with van der Waals surface area (Å²) in [6.07, 6.45) is 46.8. The van der Waals surface area contributed by atoms with Crippen LogP contribution in [0.1, 0.15) is 207 Å². The Bertz CT molecular complexity index is 723. The fourth-order valence-electron chi connectivity index (χ4n) is 7.91. The Labute approximate surface area is 293 Å². The van der Waals surface area contributed by atoms with Gasteiger partial charge in [0.15, 0.2) is 0 Å². The third-order valence-electron chi connectivity index (χ3n) is 10.9. The zero-order valence-electron chi connectivity index (χ0n) is 32.8. The van der Waals surface area contributed by atoms with Crippen molar-refractivity contribution in [2.75, 3.05) is 37.0 Å². The summed E-state index contributed by atoms with van der Waals surface area (Å²) in [5, 5.41) is 0. The first-order chi connectivity index (χ1) is 22.5. The van der Waals surface area contributed by atoms with Gasteiger partial charge in [0.05, 0.1) is 49.3 Å². The molecule has 0 aliphatic heterocycles. The molecule has 0 nitrogen and oxygen atoms in total. The van der Waals surface area contributed by atoms with Gasteiger partial charge in [0.2, 0.25) is 0 Å².